The molecule has 0 aromatic rings. The Labute approximate surface area is 77.4 Å². The molecule has 2 bridgehead atoms. The second kappa shape index (κ2) is 2.47. The molecular weight excluding hydrogens is 168 g/mol. The summed E-state index contributed by atoms with van der Waals surface area (Å²) in [5, 5.41) is 0. The summed E-state index contributed by atoms with van der Waals surface area (Å²) < 4.78 is 11.0. The summed E-state index contributed by atoms with van der Waals surface area (Å²) in [4.78, 5) is 11.4. The first-order valence-electron chi connectivity index (χ1n) is 5.13. The van der Waals surface area contributed by atoms with Crippen molar-refractivity contribution in [3.05, 3.63) is 0 Å². The summed E-state index contributed by atoms with van der Waals surface area (Å²) in [7, 11) is 0. The monoisotopic (exact) mass is 182 g/mol. The molecule has 0 N–H and O–H groups in total. The number of esters is 1. The van der Waals surface area contributed by atoms with Crippen molar-refractivity contribution in [2.45, 2.75) is 32.0 Å². The highest BCUT2D eigenvalue weighted by Crippen LogP contribution is 2.55. The number of ether oxygens (including phenoxy) is 2. The first-order chi connectivity index (χ1) is 6.31. The maximum Gasteiger partial charge on any atom is 0.309 e. The van der Waals surface area contributed by atoms with E-state index < -0.39 is 0 Å². The summed E-state index contributed by atoms with van der Waals surface area (Å²) in [5.74, 6) is 1.31. The van der Waals surface area contributed by atoms with Gasteiger partial charge in [-0.05, 0) is 25.7 Å². The minimum atomic E-state index is 0.0275. The van der Waals surface area contributed by atoms with Crippen LogP contribution in [0.25, 0.3) is 0 Å². The van der Waals surface area contributed by atoms with Crippen LogP contribution < -0.4 is 0 Å². The first-order valence-corrected chi connectivity index (χ1v) is 5.13. The minimum Gasteiger partial charge on any atom is -0.459 e. The third kappa shape index (κ3) is 0.857. The lowest BCUT2D eigenvalue weighted by Gasteiger charge is -2.24. The van der Waals surface area contributed by atoms with E-state index in [0.717, 1.165) is 19.4 Å². The van der Waals surface area contributed by atoms with Gasteiger partial charge < -0.3 is 9.47 Å². The highest BCUT2D eigenvalue weighted by atomic mass is 16.6. The van der Waals surface area contributed by atoms with Crippen molar-refractivity contribution in [3.63, 3.8) is 0 Å². The van der Waals surface area contributed by atoms with Crippen molar-refractivity contribution < 1.29 is 14.3 Å². The summed E-state index contributed by atoms with van der Waals surface area (Å²) >= 11 is 0. The quantitative estimate of drug-likeness (QED) is 0.597. The van der Waals surface area contributed by atoms with Gasteiger partial charge in [0.05, 0.1) is 12.0 Å². The smallest absolute Gasteiger partial charge is 0.309 e. The Kier molecular flexibility index (Phi) is 1.48. The number of rotatable bonds is 2. The van der Waals surface area contributed by atoms with Gasteiger partial charge in [-0.15, -0.1) is 0 Å². The van der Waals surface area contributed by atoms with E-state index in [1.54, 1.807) is 0 Å². The zero-order chi connectivity index (χ0) is 9.00. The molecule has 0 radical (unpaired) electrons. The molecule has 3 heteroatoms. The van der Waals surface area contributed by atoms with E-state index in [4.69, 9.17) is 9.47 Å². The van der Waals surface area contributed by atoms with Gasteiger partial charge in [-0.25, -0.2) is 0 Å². The highest BCUT2D eigenvalue weighted by Gasteiger charge is 2.62. The summed E-state index contributed by atoms with van der Waals surface area (Å²) in [6.45, 7) is 2.73. The Morgan fingerprint density at radius 3 is 3.15 bits per heavy atom. The number of carbonyl (C=O) groups is 1. The molecule has 2 saturated carbocycles. The zero-order valence-electron chi connectivity index (χ0n) is 7.73. The van der Waals surface area contributed by atoms with Crippen LogP contribution in [0.15, 0.2) is 0 Å². The minimum absolute atomic E-state index is 0.0275. The van der Waals surface area contributed by atoms with E-state index in [9.17, 15) is 4.79 Å². The number of carbonyl (C=O) groups excluding carboxylic acids is 1. The van der Waals surface area contributed by atoms with Crippen LogP contribution in [0.1, 0.15) is 19.8 Å². The fourth-order valence-electron chi connectivity index (χ4n) is 3.32. The van der Waals surface area contributed by atoms with Crippen molar-refractivity contribution in [1.82, 2.24) is 0 Å². The van der Waals surface area contributed by atoms with Crippen molar-refractivity contribution in [1.29, 1.82) is 0 Å². The van der Waals surface area contributed by atoms with Crippen molar-refractivity contribution in [2.24, 2.45) is 17.8 Å². The van der Waals surface area contributed by atoms with Crippen LogP contribution in [0, 0.1) is 17.8 Å². The first kappa shape index (κ1) is 7.80. The molecule has 1 aliphatic heterocycles. The SMILES string of the molecule is CCOC1C2OC(=O)C3C[C@@H]1CC32. The lowest BCUT2D eigenvalue weighted by Crippen LogP contribution is -2.34. The molecule has 1 saturated heterocycles. The van der Waals surface area contributed by atoms with Gasteiger partial charge in [-0.2, -0.15) is 0 Å². The van der Waals surface area contributed by atoms with E-state index in [1.165, 1.54) is 0 Å². The van der Waals surface area contributed by atoms with Gasteiger partial charge in [0.1, 0.15) is 6.10 Å². The van der Waals surface area contributed by atoms with Gasteiger partial charge in [0.15, 0.2) is 0 Å². The number of hydrogen-bond donors (Lipinski definition) is 0. The van der Waals surface area contributed by atoms with Crippen LogP contribution in [0.2, 0.25) is 0 Å². The molecule has 1 heterocycles. The second-order valence-electron chi connectivity index (χ2n) is 4.32. The molecule has 4 unspecified atom stereocenters. The Morgan fingerprint density at radius 2 is 2.38 bits per heavy atom. The van der Waals surface area contributed by atoms with Crippen LogP contribution in [-0.4, -0.2) is 24.8 Å². The third-order valence-corrected chi connectivity index (χ3v) is 3.77. The molecule has 13 heavy (non-hydrogen) atoms. The molecule has 5 atom stereocenters. The molecule has 3 nitrogen and oxygen atoms in total. The van der Waals surface area contributed by atoms with E-state index in [1.807, 2.05) is 6.92 Å². The fourth-order valence-corrected chi connectivity index (χ4v) is 3.32. The molecule has 0 aromatic heterocycles. The van der Waals surface area contributed by atoms with Gasteiger partial charge in [-0.3, -0.25) is 4.79 Å². The standard InChI is InChI=1S/C10H14O3/c1-2-12-8-5-3-6-7(4-5)10(11)13-9(6)8/h5-9H,2-4H2,1H3/t5-,6?,7?,8?,9?/m0/s1. The fraction of sp³-hybridized carbons (Fsp3) is 0.900. The van der Waals surface area contributed by atoms with Crippen molar-refractivity contribution >= 4 is 5.97 Å². The van der Waals surface area contributed by atoms with Crippen LogP contribution >= 0.6 is 0 Å². The number of hydrogen-bond acceptors (Lipinski definition) is 3. The highest BCUT2D eigenvalue weighted by molar-refractivity contribution is 5.76. The Balaban J connectivity index is 1.86. The Bertz CT molecular complexity index is 251. The lowest BCUT2D eigenvalue weighted by atomic mass is 9.88. The van der Waals surface area contributed by atoms with Crippen LogP contribution in [-0.2, 0) is 14.3 Å². The van der Waals surface area contributed by atoms with E-state index in [0.29, 0.717) is 11.8 Å². The van der Waals surface area contributed by atoms with E-state index >= 15 is 0 Å². The van der Waals surface area contributed by atoms with Gasteiger partial charge in [0, 0.05) is 12.5 Å². The molecule has 3 rings (SSSR count). The van der Waals surface area contributed by atoms with Crippen LogP contribution in [0.3, 0.4) is 0 Å². The largest absolute Gasteiger partial charge is 0.459 e. The summed E-state index contributed by atoms with van der Waals surface area (Å²) in [6, 6.07) is 0. The topological polar surface area (TPSA) is 35.5 Å². The maximum atomic E-state index is 11.4. The lowest BCUT2D eigenvalue weighted by molar-refractivity contribution is -0.147. The number of fused-ring (bicyclic) bond motifs is 1. The van der Waals surface area contributed by atoms with Crippen molar-refractivity contribution in [3.8, 4) is 0 Å². The van der Waals surface area contributed by atoms with Gasteiger partial charge in [-0.1, -0.05) is 0 Å². The molecule has 0 aromatic carbocycles. The molecular formula is C10H14O3. The second-order valence-corrected chi connectivity index (χ2v) is 4.32. The molecule has 2 aliphatic carbocycles. The van der Waals surface area contributed by atoms with Crippen molar-refractivity contribution in [2.75, 3.05) is 6.61 Å². The summed E-state index contributed by atoms with van der Waals surface area (Å²) in [6.07, 6.45) is 2.45. The average Bonchev–Trinajstić information content (AvgIpc) is 2.69. The Hall–Kier alpha value is -0.570. The molecule has 0 amide bonds. The Morgan fingerprint density at radius 1 is 1.54 bits per heavy atom. The molecule has 0 spiro atoms. The summed E-state index contributed by atoms with van der Waals surface area (Å²) in [5.41, 5.74) is 0. The molecule has 3 aliphatic rings. The predicted octanol–water partition coefficient (Wildman–Crippen LogP) is 0.973. The van der Waals surface area contributed by atoms with Gasteiger partial charge >= 0.3 is 5.97 Å². The third-order valence-electron chi connectivity index (χ3n) is 3.77. The normalized spacial score (nSPS) is 51.5. The van der Waals surface area contributed by atoms with Crippen LogP contribution in [0.5, 0.6) is 0 Å². The van der Waals surface area contributed by atoms with E-state index in [-0.39, 0.29) is 24.1 Å². The molecule has 72 valence electrons. The molecule has 3 fully saturated rings. The van der Waals surface area contributed by atoms with Gasteiger partial charge in [0.25, 0.3) is 0 Å². The average molecular weight is 182 g/mol. The van der Waals surface area contributed by atoms with E-state index in [2.05, 4.69) is 0 Å². The van der Waals surface area contributed by atoms with Gasteiger partial charge in [0.2, 0.25) is 0 Å². The zero-order valence-corrected chi connectivity index (χ0v) is 7.73. The predicted molar refractivity (Wildman–Crippen MR) is 45.0 cm³/mol. The van der Waals surface area contributed by atoms with Crippen LogP contribution in [0.4, 0.5) is 0 Å². The maximum absolute atomic E-state index is 11.4.